The van der Waals surface area contributed by atoms with Crippen LogP contribution in [0, 0.1) is 5.82 Å². The van der Waals surface area contributed by atoms with Gasteiger partial charge in [-0.3, -0.25) is 9.51 Å². The topological polar surface area (TPSA) is 84.3 Å². The van der Waals surface area contributed by atoms with Crippen LogP contribution >= 0.6 is 11.3 Å². The minimum Gasteiger partial charge on any atom is -0.488 e. The fourth-order valence-corrected chi connectivity index (χ4v) is 5.39. The minimum absolute atomic E-state index is 0.0250. The molecule has 2 aromatic heterocycles. The summed E-state index contributed by atoms with van der Waals surface area (Å²) in [6.45, 7) is 3.25. The summed E-state index contributed by atoms with van der Waals surface area (Å²) in [4.78, 5) is 21.4. The van der Waals surface area contributed by atoms with Crippen molar-refractivity contribution in [1.29, 1.82) is 0 Å². The predicted octanol–water partition coefficient (Wildman–Crippen LogP) is 5.92. The molecule has 2 aromatic carbocycles. The first-order chi connectivity index (χ1) is 18.3. The van der Waals surface area contributed by atoms with E-state index in [0.29, 0.717) is 17.0 Å². The third-order valence-electron chi connectivity index (χ3n) is 6.33. The molecular formula is C26H24F4N4O3S. The number of likely N-dealkylation sites (tertiary alicyclic amines) is 1. The number of aryl methyl sites for hydroxylation is 1. The van der Waals surface area contributed by atoms with Crippen LogP contribution in [0.2, 0.25) is 0 Å². The first kappa shape index (κ1) is 26.1. The van der Waals surface area contributed by atoms with Crippen LogP contribution in [0.4, 0.5) is 17.6 Å². The molecular weight excluding hydrogens is 524 g/mol. The molecule has 4 aromatic rings. The van der Waals surface area contributed by atoms with E-state index in [1.165, 1.54) is 48.4 Å². The summed E-state index contributed by atoms with van der Waals surface area (Å²) in [7, 11) is 0. The Morgan fingerprint density at radius 2 is 1.87 bits per heavy atom. The van der Waals surface area contributed by atoms with E-state index in [9.17, 15) is 22.4 Å². The largest absolute Gasteiger partial charge is 0.488 e. The maximum absolute atomic E-state index is 14.6. The van der Waals surface area contributed by atoms with Crippen LogP contribution in [-0.4, -0.2) is 39.7 Å². The van der Waals surface area contributed by atoms with E-state index in [-0.39, 0.29) is 23.7 Å². The molecule has 1 aliphatic heterocycles. The van der Waals surface area contributed by atoms with Crippen molar-refractivity contribution < 1.29 is 26.8 Å². The van der Waals surface area contributed by atoms with Gasteiger partial charge in [-0.1, -0.05) is 17.3 Å². The van der Waals surface area contributed by atoms with Gasteiger partial charge in [0.15, 0.2) is 5.82 Å². The summed E-state index contributed by atoms with van der Waals surface area (Å²) in [5.74, 6) is -1.19. The van der Waals surface area contributed by atoms with Crippen molar-refractivity contribution in [2.75, 3.05) is 19.6 Å². The molecule has 0 saturated carbocycles. The SMILES string of the molecule is O=c1[nH]c(-c2ccc(OCc3sc(-c4ccc(C(F)(F)F)cc4)nc3CCCN3CCCC3)cc2F)no1. The number of halogens is 4. The van der Waals surface area contributed by atoms with Crippen LogP contribution in [0.5, 0.6) is 5.75 Å². The van der Waals surface area contributed by atoms with Crippen molar-refractivity contribution in [2.45, 2.75) is 38.5 Å². The molecule has 38 heavy (non-hydrogen) atoms. The van der Waals surface area contributed by atoms with Gasteiger partial charge in [0.2, 0.25) is 0 Å². The fraction of sp³-hybridized carbons (Fsp3) is 0.346. The Kier molecular flexibility index (Phi) is 7.61. The van der Waals surface area contributed by atoms with E-state index >= 15 is 0 Å². The van der Waals surface area contributed by atoms with Gasteiger partial charge in [0.1, 0.15) is 23.2 Å². The number of nitrogens with one attached hydrogen (secondary N) is 1. The van der Waals surface area contributed by atoms with Gasteiger partial charge in [-0.05, 0) is 69.6 Å². The third kappa shape index (κ3) is 6.13. The lowest BCUT2D eigenvalue weighted by molar-refractivity contribution is -0.137. The molecule has 1 saturated heterocycles. The highest BCUT2D eigenvalue weighted by atomic mass is 32.1. The summed E-state index contributed by atoms with van der Waals surface area (Å²) in [5.41, 5.74) is 0.758. The van der Waals surface area contributed by atoms with Crippen LogP contribution in [-0.2, 0) is 19.2 Å². The van der Waals surface area contributed by atoms with E-state index in [2.05, 4.69) is 19.6 Å². The highest BCUT2D eigenvalue weighted by Gasteiger charge is 2.30. The first-order valence-corrected chi connectivity index (χ1v) is 13.0. The molecule has 0 bridgehead atoms. The van der Waals surface area contributed by atoms with Gasteiger partial charge < -0.3 is 9.64 Å². The lowest BCUT2D eigenvalue weighted by Gasteiger charge is -2.13. The molecule has 0 unspecified atom stereocenters. The van der Waals surface area contributed by atoms with Gasteiger partial charge in [-0.25, -0.2) is 14.2 Å². The van der Waals surface area contributed by atoms with Crippen LogP contribution in [0.25, 0.3) is 22.0 Å². The maximum Gasteiger partial charge on any atom is 0.439 e. The van der Waals surface area contributed by atoms with E-state index in [4.69, 9.17) is 9.72 Å². The zero-order chi connectivity index (χ0) is 26.7. The fourth-order valence-electron chi connectivity index (χ4n) is 4.37. The number of aromatic amines is 1. The predicted molar refractivity (Wildman–Crippen MR) is 133 cm³/mol. The lowest BCUT2D eigenvalue weighted by atomic mass is 10.1. The van der Waals surface area contributed by atoms with Gasteiger partial charge in [0.05, 0.1) is 21.7 Å². The zero-order valence-corrected chi connectivity index (χ0v) is 21.0. The summed E-state index contributed by atoms with van der Waals surface area (Å²) in [6, 6.07) is 9.10. The average molecular weight is 549 g/mol. The molecule has 12 heteroatoms. The van der Waals surface area contributed by atoms with Gasteiger partial charge in [-0.2, -0.15) is 13.2 Å². The van der Waals surface area contributed by atoms with Crippen LogP contribution in [0.3, 0.4) is 0 Å². The Balaban J connectivity index is 1.33. The molecule has 1 fully saturated rings. The summed E-state index contributed by atoms with van der Waals surface area (Å²) < 4.78 is 63.9. The second-order valence-electron chi connectivity index (χ2n) is 8.99. The molecule has 1 aliphatic rings. The summed E-state index contributed by atoms with van der Waals surface area (Å²) in [5, 5.41) is 4.09. The van der Waals surface area contributed by atoms with Crippen molar-refractivity contribution >= 4 is 11.3 Å². The molecule has 200 valence electrons. The van der Waals surface area contributed by atoms with E-state index in [1.54, 1.807) is 6.07 Å². The smallest absolute Gasteiger partial charge is 0.439 e. The molecule has 0 aliphatic carbocycles. The standard InChI is InChI=1S/C26H24F4N4O3S/c27-20-14-18(9-10-19(20)23-32-25(35)37-33-23)36-15-22-21(4-3-13-34-11-1-2-12-34)31-24(38-22)16-5-7-17(8-6-16)26(28,29)30/h5-10,14H,1-4,11-13,15H2,(H,32,33,35). The quantitative estimate of drug-likeness (QED) is 0.262. The second-order valence-corrected chi connectivity index (χ2v) is 10.1. The first-order valence-electron chi connectivity index (χ1n) is 12.1. The highest BCUT2D eigenvalue weighted by molar-refractivity contribution is 7.15. The number of hydrogen-bond acceptors (Lipinski definition) is 7. The number of H-pyrrole nitrogens is 1. The van der Waals surface area contributed by atoms with E-state index < -0.39 is 23.3 Å². The Morgan fingerprint density at radius 1 is 1.11 bits per heavy atom. The molecule has 5 rings (SSSR count). The zero-order valence-electron chi connectivity index (χ0n) is 20.2. The molecule has 0 spiro atoms. The number of rotatable bonds is 9. The number of thiazole rings is 1. The van der Waals surface area contributed by atoms with Gasteiger partial charge >= 0.3 is 11.9 Å². The number of alkyl halides is 3. The van der Waals surface area contributed by atoms with Crippen molar-refractivity contribution in [2.24, 2.45) is 0 Å². The summed E-state index contributed by atoms with van der Waals surface area (Å²) >= 11 is 1.35. The molecule has 1 N–H and O–H groups in total. The number of hydrogen-bond donors (Lipinski definition) is 1. The van der Waals surface area contributed by atoms with Crippen molar-refractivity contribution in [3.63, 3.8) is 0 Å². The molecule has 0 radical (unpaired) electrons. The molecule has 3 heterocycles. The third-order valence-corrected chi connectivity index (χ3v) is 7.45. The summed E-state index contributed by atoms with van der Waals surface area (Å²) in [6.07, 6.45) is -0.414. The highest BCUT2D eigenvalue weighted by Crippen LogP contribution is 2.34. The van der Waals surface area contributed by atoms with Crippen molar-refractivity contribution in [1.82, 2.24) is 20.0 Å². The minimum atomic E-state index is -4.41. The van der Waals surface area contributed by atoms with Gasteiger partial charge in [0, 0.05) is 11.6 Å². The maximum atomic E-state index is 14.6. The monoisotopic (exact) mass is 548 g/mol. The van der Waals surface area contributed by atoms with Crippen LogP contribution in [0.15, 0.2) is 51.8 Å². The van der Waals surface area contributed by atoms with Gasteiger partial charge in [-0.15, -0.1) is 11.3 Å². The van der Waals surface area contributed by atoms with Crippen LogP contribution in [0.1, 0.15) is 35.4 Å². The van der Waals surface area contributed by atoms with Crippen LogP contribution < -0.4 is 10.5 Å². The lowest BCUT2D eigenvalue weighted by Crippen LogP contribution is -2.20. The normalized spacial score (nSPS) is 14.3. The van der Waals surface area contributed by atoms with E-state index in [0.717, 1.165) is 48.8 Å². The Labute approximate surface area is 219 Å². The second kappa shape index (κ2) is 11.1. The Bertz CT molecular complexity index is 1440. The number of benzene rings is 2. The van der Waals surface area contributed by atoms with Gasteiger partial charge in [0.25, 0.3) is 0 Å². The number of aromatic nitrogens is 3. The molecule has 7 nitrogen and oxygen atoms in total. The Morgan fingerprint density at radius 3 is 2.53 bits per heavy atom. The van der Waals surface area contributed by atoms with Crippen molar-refractivity contribution in [3.8, 4) is 27.7 Å². The number of ether oxygens (including phenoxy) is 1. The van der Waals surface area contributed by atoms with E-state index in [1.807, 2.05) is 0 Å². The Hall–Kier alpha value is -3.51. The molecule has 0 atom stereocenters. The average Bonchev–Trinajstić information content (AvgIpc) is 3.64. The molecule has 0 amide bonds. The number of nitrogens with zero attached hydrogens (tertiary/aromatic N) is 3. The van der Waals surface area contributed by atoms with Crippen molar-refractivity contribution in [3.05, 3.63) is 75.0 Å².